The number of nitrogens with zero attached hydrogens (tertiary/aromatic N) is 1. The average molecular weight is 392 g/mol. The second kappa shape index (κ2) is 5.78. The number of ketones is 1. The topological polar surface area (TPSA) is 40.9 Å². The van der Waals surface area contributed by atoms with Gasteiger partial charge in [0.2, 0.25) is 0 Å². The van der Waals surface area contributed by atoms with Crippen molar-refractivity contribution in [3.8, 4) is 6.07 Å². The van der Waals surface area contributed by atoms with Crippen LogP contribution in [0.4, 0.5) is 0 Å². The number of halogens is 2. The lowest BCUT2D eigenvalue weighted by Gasteiger charge is -2.12. The zero-order valence-electron chi connectivity index (χ0n) is 9.00. The van der Waals surface area contributed by atoms with Crippen LogP contribution in [0, 0.1) is 26.7 Å². The molecule has 0 saturated heterocycles. The molecule has 2 nitrogen and oxygen atoms in total. The maximum atomic E-state index is 12.1. The number of benzene rings is 1. The number of rotatable bonds is 3. The monoisotopic (exact) mass is 391 g/mol. The molecule has 0 radical (unpaired) electrons. The van der Waals surface area contributed by atoms with Crippen molar-refractivity contribution in [1.82, 2.24) is 0 Å². The molecule has 1 unspecified atom stereocenters. The van der Waals surface area contributed by atoms with Crippen LogP contribution in [-0.4, -0.2) is 5.78 Å². The summed E-state index contributed by atoms with van der Waals surface area (Å²) in [4.78, 5) is 12.1. The molecule has 0 aromatic heterocycles. The Bertz CT molecular complexity index is 451. The van der Waals surface area contributed by atoms with Crippen LogP contribution in [0.2, 0.25) is 0 Å². The lowest BCUT2D eigenvalue weighted by atomic mass is 9.89. The van der Waals surface area contributed by atoms with Gasteiger partial charge in [-0.15, -0.1) is 0 Å². The van der Waals surface area contributed by atoms with Gasteiger partial charge < -0.3 is 0 Å². The number of carbonyl (C=O) groups is 1. The van der Waals surface area contributed by atoms with Crippen molar-refractivity contribution in [1.29, 1.82) is 5.26 Å². The maximum absolute atomic E-state index is 12.1. The van der Waals surface area contributed by atoms with Crippen molar-refractivity contribution in [2.75, 3.05) is 0 Å². The molecule has 0 N–H and O–H groups in total. The van der Waals surface area contributed by atoms with E-state index >= 15 is 0 Å². The lowest BCUT2D eigenvalue weighted by Crippen LogP contribution is -2.19. The third-order valence-electron chi connectivity index (χ3n) is 2.28. The van der Waals surface area contributed by atoms with Gasteiger partial charge in [0.25, 0.3) is 0 Å². The predicted octanol–water partition coefficient (Wildman–Crippen LogP) is 4.03. The fourth-order valence-electron chi connectivity index (χ4n) is 1.36. The van der Waals surface area contributed by atoms with Gasteiger partial charge in [-0.1, -0.05) is 29.8 Å². The molecule has 1 atom stereocenters. The van der Waals surface area contributed by atoms with E-state index in [0.29, 0.717) is 5.56 Å². The molecule has 0 aliphatic rings. The van der Waals surface area contributed by atoms with Gasteiger partial charge in [-0.3, -0.25) is 4.79 Å². The standard InChI is InChI=1S/C12H11BrINO/c1-7(2)10(6-15)12(16)9-5-8(14)3-4-11(9)13/h3-5,7,10H,1-2H3. The van der Waals surface area contributed by atoms with Crippen molar-refractivity contribution < 1.29 is 4.79 Å². The average Bonchev–Trinajstić information content (AvgIpc) is 2.22. The van der Waals surface area contributed by atoms with Crippen LogP contribution in [0.3, 0.4) is 0 Å². The van der Waals surface area contributed by atoms with E-state index in [1.54, 1.807) is 6.07 Å². The fraction of sp³-hybridized carbons (Fsp3) is 0.333. The van der Waals surface area contributed by atoms with Gasteiger partial charge in [-0.2, -0.15) is 5.26 Å². The summed E-state index contributed by atoms with van der Waals surface area (Å²) in [5, 5.41) is 9.00. The molecule has 1 rings (SSSR count). The molecule has 0 fully saturated rings. The van der Waals surface area contributed by atoms with Crippen LogP contribution in [0.1, 0.15) is 24.2 Å². The second-order valence-electron chi connectivity index (χ2n) is 3.84. The maximum Gasteiger partial charge on any atom is 0.181 e. The van der Waals surface area contributed by atoms with Crippen molar-refractivity contribution in [3.05, 3.63) is 31.8 Å². The first-order valence-electron chi connectivity index (χ1n) is 4.86. The van der Waals surface area contributed by atoms with Crippen LogP contribution >= 0.6 is 38.5 Å². The lowest BCUT2D eigenvalue weighted by molar-refractivity contribution is 0.0923. The first-order valence-corrected chi connectivity index (χ1v) is 6.73. The summed E-state index contributed by atoms with van der Waals surface area (Å²) >= 11 is 5.50. The SMILES string of the molecule is CC(C)C(C#N)C(=O)c1cc(I)ccc1Br. The summed E-state index contributed by atoms with van der Waals surface area (Å²) < 4.78 is 1.74. The van der Waals surface area contributed by atoms with Crippen molar-refractivity contribution in [3.63, 3.8) is 0 Å². The summed E-state index contributed by atoms with van der Waals surface area (Å²) in [6, 6.07) is 7.63. The van der Waals surface area contributed by atoms with Gasteiger partial charge in [0.1, 0.15) is 5.92 Å². The Balaban J connectivity index is 3.14. The van der Waals surface area contributed by atoms with E-state index in [1.807, 2.05) is 26.0 Å². The van der Waals surface area contributed by atoms with Crippen LogP contribution in [0.25, 0.3) is 0 Å². The van der Waals surface area contributed by atoms with E-state index in [9.17, 15) is 4.79 Å². The second-order valence-corrected chi connectivity index (χ2v) is 5.94. The van der Waals surface area contributed by atoms with E-state index < -0.39 is 5.92 Å². The van der Waals surface area contributed by atoms with Gasteiger partial charge in [0.15, 0.2) is 5.78 Å². The molecule has 4 heteroatoms. The van der Waals surface area contributed by atoms with Gasteiger partial charge in [-0.05, 0) is 46.7 Å². The smallest absolute Gasteiger partial charge is 0.181 e. The molecule has 0 aliphatic heterocycles. The number of nitriles is 1. The molecule has 16 heavy (non-hydrogen) atoms. The number of Topliss-reactive ketones (excluding diaryl/α,β-unsaturated/α-hetero) is 1. The van der Waals surface area contributed by atoms with E-state index in [2.05, 4.69) is 44.6 Å². The summed E-state index contributed by atoms with van der Waals surface area (Å²) in [7, 11) is 0. The Morgan fingerprint density at radius 3 is 2.62 bits per heavy atom. The zero-order chi connectivity index (χ0) is 12.3. The molecule has 0 saturated carbocycles. The molecule has 1 aromatic rings. The van der Waals surface area contributed by atoms with Crippen molar-refractivity contribution in [2.45, 2.75) is 13.8 Å². The highest BCUT2D eigenvalue weighted by atomic mass is 127. The highest BCUT2D eigenvalue weighted by Crippen LogP contribution is 2.24. The van der Waals surface area contributed by atoms with Crippen LogP contribution in [0.15, 0.2) is 22.7 Å². The normalized spacial score (nSPS) is 12.2. The largest absolute Gasteiger partial charge is 0.293 e. The number of carbonyl (C=O) groups excluding carboxylic acids is 1. The Morgan fingerprint density at radius 1 is 1.50 bits per heavy atom. The highest BCUT2D eigenvalue weighted by molar-refractivity contribution is 14.1. The Labute approximate surface area is 117 Å². The minimum Gasteiger partial charge on any atom is -0.293 e. The minimum absolute atomic E-state index is 0.0299. The molecule has 0 bridgehead atoms. The number of hydrogen-bond donors (Lipinski definition) is 0. The van der Waals surface area contributed by atoms with E-state index in [4.69, 9.17) is 5.26 Å². The Kier molecular flexibility index (Phi) is 4.93. The predicted molar refractivity (Wildman–Crippen MR) is 75.1 cm³/mol. The van der Waals surface area contributed by atoms with Crippen LogP contribution < -0.4 is 0 Å². The Morgan fingerprint density at radius 2 is 2.12 bits per heavy atom. The first kappa shape index (κ1) is 13.7. The van der Waals surface area contributed by atoms with E-state index in [-0.39, 0.29) is 11.7 Å². The first-order chi connectivity index (χ1) is 7.47. The molecule has 1 aromatic carbocycles. The molecular formula is C12H11BrINO. The molecular weight excluding hydrogens is 381 g/mol. The van der Waals surface area contributed by atoms with Gasteiger partial charge >= 0.3 is 0 Å². The third-order valence-corrected chi connectivity index (χ3v) is 3.64. The molecule has 0 amide bonds. The van der Waals surface area contributed by atoms with Crippen LogP contribution in [0.5, 0.6) is 0 Å². The Hall–Kier alpha value is -0.410. The summed E-state index contributed by atoms with van der Waals surface area (Å²) in [6.07, 6.45) is 0. The quantitative estimate of drug-likeness (QED) is 0.576. The van der Waals surface area contributed by atoms with Gasteiger partial charge in [0, 0.05) is 13.6 Å². The highest BCUT2D eigenvalue weighted by Gasteiger charge is 2.24. The summed E-state index contributed by atoms with van der Waals surface area (Å²) in [6.45, 7) is 3.77. The van der Waals surface area contributed by atoms with Gasteiger partial charge in [-0.25, -0.2) is 0 Å². The molecule has 84 valence electrons. The third kappa shape index (κ3) is 3.05. The van der Waals surface area contributed by atoms with Gasteiger partial charge in [0.05, 0.1) is 6.07 Å². The summed E-state index contributed by atoms with van der Waals surface area (Å²) in [5.41, 5.74) is 0.590. The van der Waals surface area contributed by atoms with Crippen molar-refractivity contribution in [2.24, 2.45) is 11.8 Å². The molecule has 0 aliphatic carbocycles. The molecule has 0 heterocycles. The van der Waals surface area contributed by atoms with E-state index in [0.717, 1.165) is 8.04 Å². The van der Waals surface area contributed by atoms with Crippen molar-refractivity contribution >= 4 is 44.3 Å². The minimum atomic E-state index is -0.575. The van der Waals surface area contributed by atoms with E-state index in [1.165, 1.54) is 0 Å². The zero-order valence-corrected chi connectivity index (χ0v) is 12.7. The summed E-state index contributed by atoms with van der Waals surface area (Å²) in [5.74, 6) is -0.653. The van der Waals surface area contributed by atoms with Crippen LogP contribution in [-0.2, 0) is 0 Å². The fourth-order valence-corrected chi connectivity index (χ4v) is 2.30. The molecule has 0 spiro atoms. The number of hydrogen-bond acceptors (Lipinski definition) is 2.